The normalized spacial score (nSPS) is 32.8. The molecule has 6 atom stereocenters. The first-order chi connectivity index (χ1) is 18.5. The van der Waals surface area contributed by atoms with E-state index >= 15 is 0 Å². The zero-order chi connectivity index (χ0) is 26.3. The molecule has 2 saturated carbocycles. The maximum Gasteiger partial charge on any atom is 2.00 e. The van der Waals surface area contributed by atoms with Crippen LogP contribution in [0.15, 0.2) is 51.7 Å². The number of aryl methyl sites for hydroxylation is 2. The molecule has 2 aromatic rings. The number of anilines is 1. The van der Waals surface area contributed by atoms with E-state index in [1.165, 1.54) is 42.4 Å². The minimum atomic E-state index is -0.507. The van der Waals surface area contributed by atoms with E-state index in [0.717, 1.165) is 29.6 Å². The number of amides is 1. The van der Waals surface area contributed by atoms with Gasteiger partial charge in [0.1, 0.15) is 0 Å². The molecule has 2 aromatic carbocycles. The monoisotopic (exact) mass is 860 g/mol. The molecule has 39 heavy (non-hydrogen) atoms. The molecule has 1 amide bonds. The predicted octanol–water partition coefficient (Wildman–Crippen LogP) is 7.25. The first-order valence-corrected chi connectivity index (χ1v) is 16.7. The second-order valence-electron chi connectivity index (χ2n) is 12.0. The zero-order valence-electron chi connectivity index (χ0n) is 23.3. The molecular formula is C33H39IN2O2U. The van der Waals surface area contributed by atoms with Crippen molar-refractivity contribution in [3.05, 3.63) is 83.3 Å². The van der Waals surface area contributed by atoms with E-state index in [2.05, 4.69) is 70.8 Å². The predicted molar refractivity (Wildman–Crippen MR) is 162 cm³/mol. The molecule has 0 saturated heterocycles. The van der Waals surface area contributed by atoms with Crippen molar-refractivity contribution in [1.29, 1.82) is 0 Å². The SMILES string of the molecule is CO[C@H]1/C=C/C[C@H](C)CI=NC(=O)c2cc[c-]c(c2)N(C[C@]23[CH-]C2CCc2cc(C)ccc23)C[C@@H]2CC[C@H]21.[U+2]. The van der Waals surface area contributed by atoms with E-state index in [9.17, 15) is 4.79 Å². The van der Waals surface area contributed by atoms with Gasteiger partial charge in [-0.3, -0.25) is 4.79 Å². The molecule has 0 aromatic heterocycles. The van der Waals surface area contributed by atoms with Crippen LogP contribution in [-0.4, -0.2) is 36.6 Å². The average molecular weight is 861 g/mol. The number of halogens is 1. The number of fused-ring (bicyclic) bond motifs is 6. The van der Waals surface area contributed by atoms with E-state index in [0.29, 0.717) is 29.2 Å². The van der Waals surface area contributed by atoms with Crippen molar-refractivity contribution in [3.8, 4) is 0 Å². The van der Waals surface area contributed by atoms with Gasteiger partial charge in [-0.15, -0.1) is 11.5 Å². The molecule has 6 rings (SSSR count). The molecular weight excluding hydrogens is 821 g/mol. The quantitative estimate of drug-likeness (QED) is 0.142. The van der Waals surface area contributed by atoms with E-state index in [4.69, 9.17) is 4.74 Å². The molecule has 1 heterocycles. The van der Waals surface area contributed by atoms with Gasteiger partial charge in [0.15, 0.2) is 0 Å². The molecule has 204 valence electrons. The van der Waals surface area contributed by atoms with E-state index in [-0.39, 0.29) is 48.5 Å². The van der Waals surface area contributed by atoms with Gasteiger partial charge in [0.05, 0.1) is 6.10 Å². The fourth-order valence-corrected chi connectivity index (χ4v) is 8.74. The van der Waals surface area contributed by atoms with Crippen LogP contribution >= 0.6 is 21.0 Å². The van der Waals surface area contributed by atoms with Crippen molar-refractivity contribution in [2.45, 2.75) is 57.5 Å². The van der Waals surface area contributed by atoms with Gasteiger partial charge in [-0.2, -0.15) is 27.3 Å². The number of carbonyl (C=O) groups excluding carboxylic acids is 1. The molecule has 4 nitrogen and oxygen atoms in total. The fourth-order valence-electron chi connectivity index (χ4n) is 6.92. The summed E-state index contributed by atoms with van der Waals surface area (Å²) < 4.78 is 11.6. The van der Waals surface area contributed by atoms with Crippen LogP contribution in [0.3, 0.4) is 0 Å². The molecule has 4 aliphatic rings. The van der Waals surface area contributed by atoms with E-state index < -0.39 is 21.0 Å². The standard InChI is InChI=1S/C33H39IN2O2.U/c1-22-10-15-30-24(16-22)11-13-27-18-33(27,30)21-36-20-26-12-14-29(26)31(38-3)9-4-6-23(2)19-34-35-32(37)25-7-5-8-28(36)17-25;/h4-5,7,9-10,15-18,23,26-27,29,31H,6,11-14,19-21H2,1-3H3;/q-2;+2/b9-4+;/t23-,26-,27?,29+,31-,33+;/m0./s1. The summed E-state index contributed by atoms with van der Waals surface area (Å²) in [6.45, 7) is 6.38. The van der Waals surface area contributed by atoms with Crippen LogP contribution in [0.1, 0.15) is 59.7 Å². The van der Waals surface area contributed by atoms with Crippen LogP contribution < -0.4 is 4.90 Å². The number of alkyl halides is 1. The van der Waals surface area contributed by atoms with Crippen LogP contribution in [-0.2, 0) is 16.6 Å². The smallest absolute Gasteiger partial charge is 0.395 e. The largest absolute Gasteiger partial charge is 2.00 e. The van der Waals surface area contributed by atoms with Gasteiger partial charge in [0.25, 0.3) is 5.91 Å². The van der Waals surface area contributed by atoms with E-state index in [1.54, 1.807) is 0 Å². The van der Waals surface area contributed by atoms with Crippen molar-refractivity contribution in [3.63, 3.8) is 0 Å². The summed E-state index contributed by atoms with van der Waals surface area (Å²) in [7, 11) is 1.86. The van der Waals surface area contributed by atoms with Crippen molar-refractivity contribution in [1.82, 2.24) is 0 Å². The number of allylic oxidation sites excluding steroid dienone is 1. The molecule has 0 radical (unpaired) electrons. The van der Waals surface area contributed by atoms with Gasteiger partial charge in [-0.25, -0.2) is 0 Å². The molecule has 6 heteroatoms. The molecule has 2 bridgehead atoms. The van der Waals surface area contributed by atoms with Gasteiger partial charge >= 0.3 is 31.1 Å². The molecule has 0 N–H and O–H groups in total. The Morgan fingerprint density at radius 1 is 1.23 bits per heavy atom. The van der Waals surface area contributed by atoms with E-state index in [1.807, 2.05) is 19.2 Å². The second-order valence-corrected chi connectivity index (χ2v) is 14.0. The van der Waals surface area contributed by atoms with Crippen molar-refractivity contribution in [2.24, 2.45) is 26.8 Å². The van der Waals surface area contributed by atoms with Crippen LogP contribution in [0, 0.1) is 74.2 Å². The van der Waals surface area contributed by atoms with Crippen molar-refractivity contribution < 1.29 is 40.6 Å². The number of methoxy groups -OCH3 is 1. The van der Waals surface area contributed by atoms with Gasteiger partial charge in [-0.1, -0.05) is 66.1 Å². The number of ether oxygens (including phenoxy) is 1. The average Bonchev–Trinajstić information content (AvgIpc) is 3.63. The van der Waals surface area contributed by atoms with Crippen LogP contribution in [0.2, 0.25) is 0 Å². The molecule has 1 aliphatic heterocycles. The first-order valence-electron chi connectivity index (χ1n) is 14.2. The number of benzene rings is 2. The summed E-state index contributed by atoms with van der Waals surface area (Å²) in [5.41, 5.74) is 6.21. The second kappa shape index (κ2) is 12.6. The summed E-state index contributed by atoms with van der Waals surface area (Å²) in [4.78, 5) is 15.6. The Labute approximate surface area is 268 Å². The van der Waals surface area contributed by atoms with Gasteiger partial charge in [-0.05, 0) is 83.5 Å². The summed E-state index contributed by atoms with van der Waals surface area (Å²) in [6, 6.07) is 16.4. The number of carbonyl (C=O) groups is 1. The maximum atomic E-state index is 13.0. The number of hydrogen-bond donors (Lipinski definition) is 0. The number of rotatable bonds is 3. The third kappa shape index (κ3) is 6.20. The number of nitrogens with zero attached hydrogens (tertiary/aromatic N) is 2. The van der Waals surface area contributed by atoms with Gasteiger partial charge < -0.3 is 16.1 Å². The zero-order valence-corrected chi connectivity index (χ0v) is 29.6. The molecule has 1 unspecified atom stereocenters. The van der Waals surface area contributed by atoms with Gasteiger partial charge in [0.2, 0.25) is 0 Å². The Bertz CT molecular complexity index is 1260. The maximum absolute atomic E-state index is 13.0. The number of hydrogen-bond acceptors (Lipinski definition) is 3. The topological polar surface area (TPSA) is 41.9 Å². The first kappa shape index (κ1) is 29.7. The Hall–Kier alpha value is -0.808. The summed E-state index contributed by atoms with van der Waals surface area (Å²) in [5.74, 6) is 2.21. The minimum Gasteiger partial charge on any atom is -0.395 e. The summed E-state index contributed by atoms with van der Waals surface area (Å²) >= 11 is -0.507. The van der Waals surface area contributed by atoms with Crippen molar-refractivity contribution >= 4 is 32.6 Å². The molecule has 2 fully saturated rings. The third-order valence-electron chi connectivity index (χ3n) is 9.32. The summed E-state index contributed by atoms with van der Waals surface area (Å²) in [6.07, 6.45) is 13.2. The Morgan fingerprint density at radius 2 is 2.10 bits per heavy atom. The Balaban J connectivity index is 0.00000308. The van der Waals surface area contributed by atoms with Crippen LogP contribution in [0.4, 0.5) is 5.69 Å². The summed E-state index contributed by atoms with van der Waals surface area (Å²) in [5, 5.41) is 0. The molecule has 0 spiro atoms. The van der Waals surface area contributed by atoms with Crippen molar-refractivity contribution in [2.75, 3.05) is 29.5 Å². The Kier molecular flexibility index (Phi) is 9.58. The Morgan fingerprint density at radius 3 is 2.90 bits per heavy atom. The molecule has 3 aliphatic carbocycles. The minimum absolute atomic E-state index is 0. The van der Waals surface area contributed by atoms with Gasteiger partial charge in [0, 0.05) is 18.1 Å². The van der Waals surface area contributed by atoms with Crippen LogP contribution in [0.25, 0.3) is 0 Å². The third-order valence-corrected chi connectivity index (χ3v) is 12.0. The van der Waals surface area contributed by atoms with Crippen LogP contribution in [0.5, 0.6) is 0 Å². The fraction of sp³-hybridized carbons (Fsp3) is 0.515.